The van der Waals surface area contributed by atoms with Crippen LogP contribution in [0.25, 0.3) is 0 Å². The van der Waals surface area contributed by atoms with Gasteiger partial charge in [0.1, 0.15) is 5.82 Å². The smallest absolute Gasteiger partial charge is 0.153 e. The number of rotatable bonds is 4. The molecule has 1 N–H and O–H groups in total. The Labute approximate surface area is 89.5 Å². The number of nitrogens with one attached hydrogen (secondary N) is 1. The molecule has 82 valence electrons. The van der Waals surface area contributed by atoms with E-state index in [0.717, 1.165) is 11.1 Å². The van der Waals surface area contributed by atoms with E-state index < -0.39 is 0 Å². The number of halogens is 1. The largest absolute Gasteiger partial charge is 0.311 e. The highest BCUT2D eigenvalue weighted by molar-refractivity contribution is 5.85. The first-order valence-corrected chi connectivity index (χ1v) is 4.99. The van der Waals surface area contributed by atoms with Gasteiger partial charge < -0.3 is 5.32 Å². The number of ketones is 1. The van der Waals surface area contributed by atoms with Crippen LogP contribution in [0.4, 0.5) is 4.39 Å². The molecule has 0 spiro atoms. The van der Waals surface area contributed by atoms with Crippen LogP contribution in [0.5, 0.6) is 0 Å². The van der Waals surface area contributed by atoms with E-state index in [0.29, 0.717) is 6.42 Å². The van der Waals surface area contributed by atoms with Crippen molar-refractivity contribution in [2.45, 2.75) is 26.3 Å². The standard InChI is InChI=1S/C12H16FNO/c1-8-6-11(13)5-4-10(8)7-12(15)9(2)14-3/h4-6,9,14H,7H2,1-3H3. The van der Waals surface area contributed by atoms with Crippen molar-refractivity contribution in [3.8, 4) is 0 Å². The first kappa shape index (κ1) is 11.9. The number of hydrogen-bond donors (Lipinski definition) is 1. The molecule has 0 aliphatic heterocycles. The molecule has 1 unspecified atom stereocenters. The van der Waals surface area contributed by atoms with Crippen molar-refractivity contribution in [3.63, 3.8) is 0 Å². The fourth-order valence-corrected chi connectivity index (χ4v) is 1.36. The highest BCUT2D eigenvalue weighted by Crippen LogP contribution is 2.11. The first-order chi connectivity index (χ1) is 7.04. The number of Topliss-reactive ketones (excluding diaryl/α,β-unsaturated/α-hetero) is 1. The molecule has 0 saturated carbocycles. The Hall–Kier alpha value is -1.22. The van der Waals surface area contributed by atoms with Crippen LogP contribution in [0.3, 0.4) is 0 Å². The van der Waals surface area contributed by atoms with Gasteiger partial charge in [0.25, 0.3) is 0 Å². The third-order valence-electron chi connectivity index (χ3n) is 2.59. The topological polar surface area (TPSA) is 29.1 Å². The van der Waals surface area contributed by atoms with Crippen molar-refractivity contribution in [1.29, 1.82) is 0 Å². The molecular formula is C12H16FNO. The summed E-state index contributed by atoms with van der Waals surface area (Å²) in [6.07, 6.45) is 0.355. The lowest BCUT2D eigenvalue weighted by atomic mass is 10.0. The van der Waals surface area contributed by atoms with Crippen molar-refractivity contribution < 1.29 is 9.18 Å². The van der Waals surface area contributed by atoms with E-state index in [1.807, 2.05) is 13.8 Å². The Morgan fingerprint density at radius 3 is 2.73 bits per heavy atom. The van der Waals surface area contributed by atoms with Crippen LogP contribution >= 0.6 is 0 Å². The molecular weight excluding hydrogens is 193 g/mol. The van der Waals surface area contributed by atoms with Gasteiger partial charge in [-0.05, 0) is 44.2 Å². The van der Waals surface area contributed by atoms with Crippen molar-refractivity contribution in [1.82, 2.24) is 5.32 Å². The summed E-state index contributed by atoms with van der Waals surface area (Å²) in [4.78, 5) is 11.6. The molecule has 1 rings (SSSR count). The highest BCUT2D eigenvalue weighted by Gasteiger charge is 2.12. The van der Waals surface area contributed by atoms with Crippen LogP contribution in [0.2, 0.25) is 0 Å². The Morgan fingerprint density at radius 1 is 1.53 bits per heavy atom. The maximum atomic E-state index is 12.8. The average Bonchev–Trinajstić information content (AvgIpc) is 2.20. The predicted octanol–water partition coefficient (Wildman–Crippen LogP) is 1.85. The lowest BCUT2D eigenvalue weighted by molar-refractivity contribution is -0.119. The first-order valence-electron chi connectivity index (χ1n) is 4.99. The van der Waals surface area contributed by atoms with Crippen LogP contribution in [0, 0.1) is 12.7 Å². The number of aryl methyl sites for hydroxylation is 1. The summed E-state index contributed by atoms with van der Waals surface area (Å²) in [5.74, 6) is -0.141. The summed E-state index contributed by atoms with van der Waals surface area (Å²) >= 11 is 0. The van der Waals surface area contributed by atoms with E-state index in [1.165, 1.54) is 12.1 Å². The van der Waals surface area contributed by atoms with Gasteiger partial charge in [-0.15, -0.1) is 0 Å². The molecule has 0 fully saturated rings. The lowest BCUT2D eigenvalue weighted by Crippen LogP contribution is -2.32. The maximum Gasteiger partial charge on any atom is 0.153 e. The SMILES string of the molecule is CNC(C)C(=O)Cc1ccc(F)cc1C. The second kappa shape index (κ2) is 5.03. The van der Waals surface area contributed by atoms with Crippen molar-refractivity contribution in [3.05, 3.63) is 35.1 Å². The van der Waals surface area contributed by atoms with Crippen LogP contribution in [-0.2, 0) is 11.2 Å². The zero-order chi connectivity index (χ0) is 11.4. The van der Waals surface area contributed by atoms with E-state index >= 15 is 0 Å². The summed E-state index contributed by atoms with van der Waals surface area (Å²) in [5.41, 5.74) is 1.72. The molecule has 0 radical (unpaired) electrons. The average molecular weight is 209 g/mol. The number of carbonyl (C=O) groups is 1. The number of benzene rings is 1. The van der Waals surface area contributed by atoms with Crippen molar-refractivity contribution >= 4 is 5.78 Å². The minimum absolute atomic E-state index is 0.118. The van der Waals surface area contributed by atoms with Gasteiger partial charge in [0.15, 0.2) is 5.78 Å². The summed E-state index contributed by atoms with van der Waals surface area (Å²) in [5, 5.41) is 2.89. The maximum absolute atomic E-state index is 12.8. The highest BCUT2D eigenvalue weighted by atomic mass is 19.1. The Kier molecular flexibility index (Phi) is 3.97. The fourth-order valence-electron chi connectivity index (χ4n) is 1.36. The Morgan fingerprint density at radius 2 is 2.20 bits per heavy atom. The van der Waals surface area contributed by atoms with E-state index in [2.05, 4.69) is 5.32 Å². The zero-order valence-corrected chi connectivity index (χ0v) is 9.30. The van der Waals surface area contributed by atoms with Crippen LogP contribution < -0.4 is 5.32 Å². The third kappa shape index (κ3) is 3.13. The van der Waals surface area contributed by atoms with Gasteiger partial charge in [0.05, 0.1) is 6.04 Å². The number of carbonyl (C=O) groups excluding carboxylic acids is 1. The molecule has 0 aromatic heterocycles. The molecule has 0 saturated heterocycles. The third-order valence-corrected chi connectivity index (χ3v) is 2.59. The molecule has 0 aliphatic rings. The van der Waals surface area contributed by atoms with Gasteiger partial charge >= 0.3 is 0 Å². The van der Waals surface area contributed by atoms with Crippen LogP contribution in [-0.4, -0.2) is 18.9 Å². The van der Waals surface area contributed by atoms with Crippen molar-refractivity contribution in [2.75, 3.05) is 7.05 Å². The number of likely N-dealkylation sites (N-methyl/N-ethyl adjacent to an activating group) is 1. The lowest BCUT2D eigenvalue weighted by Gasteiger charge is -2.10. The summed E-state index contributed by atoms with van der Waals surface area (Å²) in [7, 11) is 1.75. The van der Waals surface area contributed by atoms with E-state index in [4.69, 9.17) is 0 Å². The second-order valence-corrected chi connectivity index (χ2v) is 3.72. The van der Waals surface area contributed by atoms with E-state index in [9.17, 15) is 9.18 Å². The molecule has 0 amide bonds. The fraction of sp³-hybridized carbons (Fsp3) is 0.417. The summed E-state index contributed by atoms with van der Waals surface area (Å²) < 4.78 is 12.8. The molecule has 15 heavy (non-hydrogen) atoms. The molecule has 1 aromatic carbocycles. The van der Waals surface area contributed by atoms with Crippen LogP contribution in [0.1, 0.15) is 18.1 Å². The monoisotopic (exact) mass is 209 g/mol. The van der Waals surface area contributed by atoms with Gasteiger partial charge in [-0.3, -0.25) is 4.79 Å². The summed E-state index contributed by atoms with van der Waals surface area (Å²) in [6, 6.07) is 4.35. The molecule has 1 atom stereocenters. The Balaban J connectivity index is 2.77. The van der Waals surface area contributed by atoms with E-state index in [1.54, 1.807) is 13.1 Å². The molecule has 2 nitrogen and oxygen atoms in total. The molecule has 0 heterocycles. The van der Waals surface area contributed by atoms with Gasteiger partial charge in [-0.25, -0.2) is 4.39 Å². The zero-order valence-electron chi connectivity index (χ0n) is 9.30. The van der Waals surface area contributed by atoms with Crippen LogP contribution in [0.15, 0.2) is 18.2 Å². The second-order valence-electron chi connectivity index (χ2n) is 3.72. The quantitative estimate of drug-likeness (QED) is 0.820. The van der Waals surface area contributed by atoms with Gasteiger partial charge in [0.2, 0.25) is 0 Å². The number of hydrogen-bond acceptors (Lipinski definition) is 2. The molecule has 1 aromatic rings. The van der Waals surface area contributed by atoms with Crippen molar-refractivity contribution in [2.24, 2.45) is 0 Å². The van der Waals surface area contributed by atoms with Gasteiger partial charge in [-0.2, -0.15) is 0 Å². The van der Waals surface area contributed by atoms with Gasteiger partial charge in [0, 0.05) is 6.42 Å². The Bertz CT molecular complexity index is 363. The minimum atomic E-state index is -0.259. The molecule has 0 aliphatic carbocycles. The van der Waals surface area contributed by atoms with E-state index in [-0.39, 0.29) is 17.6 Å². The van der Waals surface area contributed by atoms with Gasteiger partial charge in [-0.1, -0.05) is 6.07 Å². The molecule has 3 heteroatoms. The molecule has 0 bridgehead atoms. The normalized spacial score (nSPS) is 12.5. The predicted molar refractivity (Wildman–Crippen MR) is 58.4 cm³/mol. The minimum Gasteiger partial charge on any atom is -0.311 e. The summed E-state index contributed by atoms with van der Waals surface area (Å²) in [6.45, 7) is 3.64.